The lowest BCUT2D eigenvalue weighted by molar-refractivity contribution is 0.295. The Morgan fingerprint density at radius 1 is 1.32 bits per heavy atom. The molecular weight excluding hydrogens is 243 g/mol. The van der Waals surface area contributed by atoms with Crippen molar-refractivity contribution in [1.29, 1.82) is 0 Å². The van der Waals surface area contributed by atoms with E-state index in [1.165, 1.54) is 12.1 Å². The third-order valence-corrected chi connectivity index (χ3v) is 3.51. The summed E-state index contributed by atoms with van der Waals surface area (Å²) in [6.45, 7) is 6.70. The SMILES string of the molecule is CCC(CC)N(CCO)c1ccc(F)cc1[C@@H](C)N. The topological polar surface area (TPSA) is 49.5 Å². The van der Waals surface area contributed by atoms with Crippen LogP contribution in [0.2, 0.25) is 0 Å². The van der Waals surface area contributed by atoms with Crippen LogP contribution in [0.1, 0.15) is 45.2 Å². The molecule has 1 rings (SSSR count). The van der Waals surface area contributed by atoms with E-state index >= 15 is 0 Å². The highest BCUT2D eigenvalue weighted by Gasteiger charge is 2.19. The summed E-state index contributed by atoms with van der Waals surface area (Å²) < 4.78 is 13.4. The van der Waals surface area contributed by atoms with Crippen LogP contribution < -0.4 is 10.6 Å². The van der Waals surface area contributed by atoms with E-state index in [0.29, 0.717) is 12.6 Å². The molecule has 0 aromatic heterocycles. The first-order valence-corrected chi connectivity index (χ1v) is 6.97. The Morgan fingerprint density at radius 2 is 1.95 bits per heavy atom. The molecule has 0 aliphatic rings. The Hall–Kier alpha value is -1.13. The average molecular weight is 268 g/mol. The third kappa shape index (κ3) is 3.91. The summed E-state index contributed by atoms with van der Waals surface area (Å²) in [6, 6.07) is 4.80. The number of hydrogen-bond donors (Lipinski definition) is 2. The Balaban J connectivity index is 3.21. The van der Waals surface area contributed by atoms with Crippen LogP contribution in [0.3, 0.4) is 0 Å². The molecule has 0 unspecified atom stereocenters. The second-order valence-corrected chi connectivity index (χ2v) is 4.88. The predicted molar refractivity (Wildman–Crippen MR) is 77.8 cm³/mol. The summed E-state index contributed by atoms with van der Waals surface area (Å²) in [5, 5.41) is 9.28. The zero-order valence-corrected chi connectivity index (χ0v) is 12.1. The van der Waals surface area contributed by atoms with Gasteiger partial charge in [0.2, 0.25) is 0 Å². The van der Waals surface area contributed by atoms with E-state index in [2.05, 4.69) is 18.7 Å². The minimum absolute atomic E-state index is 0.0757. The van der Waals surface area contributed by atoms with Gasteiger partial charge in [-0.2, -0.15) is 0 Å². The van der Waals surface area contributed by atoms with Gasteiger partial charge in [-0.05, 0) is 43.5 Å². The largest absolute Gasteiger partial charge is 0.395 e. The first-order valence-electron chi connectivity index (χ1n) is 6.97. The minimum Gasteiger partial charge on any atom is -0.395 e. The fraction of sp³-hybridized carbons (Fsp3) is 0.600. The van der Waals surface area contributed by atoms with Gasteiger partial charge in [0.15, 0.2) is 0 Å². The lowest BCUT2D eigenvalue weighted by Gasteiger charge is -2.34. The molecule has 3 nitrogen and oxygen atoms in total. The van der Waals surface area contributed by atoms with Crippen molar-refractivity contribution < 1.29 is 9.50 Å². The maximum Gasteiger partial charge on any atom is 0.123 e. The summed E-state index contributed by atoms with van der Waals surface area (Å²) in [7, 11) is 0. The highest BCUT2D eigenvalue weighted by molar-refractivity contribution is 5.56. The molecule has 4 heteroatoms. The molecule has 1 aromatic carbocycles. The normalized spacial score (nSPS) is 12.8. The van der Waals surface area contributed by atoms with Gasteiger partial charge in [0.25, 0.3) is 0 Å². The highest BCUT2D eigenvalue weighted by Crippen LogP contribution is 2.29. The molecule has 0 saturated carbocycles. The van der Waals surface area contributed by atoms with Gasteiger partial charge in [-0.3, -0.25) is 0 Å². The van der Waals surface area contributed by atoms with E-state index in [0.717, 1.165) is 24.1 Å². The van der Waals surface area contributed by atoms with Crippen LogP contribution in [-0.2, 0) is 0 Å². The summed E-state index contributed by atoms with van der Waals surface area (Å²) in [5.74, 6) is -0.274. The molecule has 0 aliphatic heterocycles. The number of anilines is 1. The van der Waals surface area contributed by atoms with Gasteiger partial charge < -0.3 is 15.7 Å². The van der Waals surface area contributed by atoms with Crippen molar-refractivity contribution >= 4 is 5.69 Å². The first-order chi connectivity index (χ1) is 9.04. The Bertz CT molecular complexity index is 392. The maximum absolute atomic E-state index is 13.4. The van der Waals surface area contributed by atoms with Crippen LogP contribution in [-0.4, -0.2) is 24.3 Å². The standard InChI is InChI=1S/C15H25FN2O/c1-4-13(5-2)18(8-9-19)15-7-6-12(16)10-14(15)11(3)17/h6-7,10-11,13,19H,4-5,8-9,17H2,1-3H3/t11-/m1/s1. The van der Waals surface area contributed by atoms with Gasteiger partial charge in [-0.25, -0.2) is 4.39 Å². The van der Waals surface area contributed by atoms with E-state index in [4.69, 9.17) is 5.73 Å². The van der Waals surface area contributed by atoms with Crippen LogP contribution in [0.15, 0.2) is 18.2 Å². The molecule has 1 atom stereocenters. The lowest BCUT2D eigenvalue weighted by atomic mass is 10.0. The van der Waals surface area contributed by atoms with Crippen molar-refractivity contribution in [1.82, 2.24) is 0 Å². The average Bonchev–Trinajstić information content (AvgIpc) is 2.39. The van der Waals surface area contributed by atoms with Crippen molar-refractivity contribution in [3.63, 3.8) is 0 Å². The summed E-state index contributed by atoms with van der Waals surface area (Å²) in [4.78, 5) is 2.14. The molecule has 19 heavy (non-hydrogen) atoms. The second-order valence-electron chi connectivity index (χ2n) is 4.88. The van der Waals surface area contributed by atoms with Crippen LogP contribution >= 0.6 is 0 Å². The third-order valence-electron chi connectivity index (χ3n) is 3.51. The Labute approximate surface area is 115 Å². The highest BCUT2D eigenvalue weighted by atomic mass is 19.1. The molecular formula is C15H25FN2O. The monoisotopic (exact) mass is 268 g/mol. The molecule has 108 valence electrons. The molecule has 0 radical (unpaired) electrons. The predicted octanol–water partition coefficient (Wildman–Crippen LogP) is 2.83. The number of aliphatic hydroxyl groups is 1. The number of nitrogens with zero attached hydrogens (tertiary/aromatic N) is 1. The summed E-state index contributed by atoms with van der Waals surface area (Å²) in [6.07, 6.45) is 1.96. The zero-order valence-electron chi connectivity index (χ0n) is 12.1. The maximum atomic E-state index is 13.4. The molecule has 0 bridgehead atoms. The molecule has 0 spiro atoms. The molecule has 0 fully saturated rings. The number of nitrogens with two attached hydrogens (primary N) is 1. The van der Waals surface area contributed by atoms with Gasteiger partial charge in [0.05, 0.1) is 6.61 Å². The number of aliphatic hydroxyl groups excluding tert-OH is 1. The van der Waals surface area contributed by atoms with E-state index in [-0.39, 0.29) is 18.5 Å². The van der Waals surface area contributed by atoms with Gasteiger partial charge >= 0.3 is 0 Å². The van der Waals surface area contributed by atoms with E-state index in [1.807, 2.05) is 6.92 Å². The van der Waals surface area contributed by atoms with Crippen molar-refractivity contribution in [2.24, 2.45) is 5.73 Å². The van der Waals surface area contributed by atoms with Crippen LogP contribution in [0.25, 0.3) is 0 Å². The summed E-state index contributed by atoms with van der Waals surface area (Å²) in [5.41, 5.74) is 7.67. The number of hydrogen-bond acceptors (Lipinski definition) is 3. The quantitative estimate of drug-likeness (QED) is 0.799. The number of benzene rings is 1. The van der Waals surface area contributed by atoms with Crippen LogP contribution in [0, 0.1) is 5.82 Å². The molecule has 0 aliphatic carbocycles. The van der Waals surface area contributed by atoms with Crippen LogP contribution in [0.5, 0.6) is 0 Å². The lowest BCUT2D eigenvalue weighted by Crippen LogP contribution is -2.37. The molecule has 0 amide bonds. The van der Waals surface area contributed by atoms with Gasteiger partial charge in [-0.1, -0.05) is 13.8 Å². The second kappa shape index (κ2) is 7.46. The van der Waals surface area contributed by atoms with Gasteiger partial charge in [-0.15, -0.1) is 0 Å². The van der Waals surface area contributed by atoms with E-state index in [9.17, 15) is 9.50 Å². The van der Waals surface area contributed by atoms with Crippen molar-refractivity contribution in [2.45, 2.75) is 45.7 Å². The Kier molecular flexibility index (Phi) is 6.25. The minimum atomic E-state index is -0.274. The molecule has 0 saturated heterocycles. The van der Waals surface area contributed by atoms with E-state index < -0.39 is 0 Å². The van der Waals surface area contributed by atoms with Gasteiger partial charge in [0, 0.05) is 24.3 Å². The Morgan fingerprint density at radius 3 is 2.42 bits per heavy atom. The zero-order chi connectivity index (χ0) is 14.4. The fourth-order valence-corrected chi connectivity index (χ4v) is 2.49. The molecule has 1 aromatic rings. The fourth-order valence-electron chi connectivity index (χ4n) is 2.49. The van der Waals surface area contributed by atoms with E-state index in [1.54, 1.807) is 6.07 Å². The molecule has 0 heterocycles. The molecule has 3 N–H and O–H groups in total. The number of halogens is 1. The van der Waals surface area contributed by atoms with Crippen molar-refractivity contribution in [3.8, 4) is 0 Å². The first kappa shape index (κ1) is 15.9. The summed E-state index contributed by atoms with van der Waals surface area (Å²) >= 11 is 0. The smallest absolute Gasteiger partial charge is 0.123 e. The van der Waals surface area contributed by atoms with Crippen molar-refractivity contribution in [3.05, 3.63) is 29.6 Å². The van der Waals surface area contributed by atoms with Crippen LogP contribution in [0.4, 0.5) is 10.1 Å². The van der Waals surface area contributed by atoms with Crippen molar-refractivity contribution in [2.75, 3.05) is 18.1 Å². The van der Waals surface area contributed by atoms with Gasteiger partial charge in [0.1, 0.15) is 5.82 Å². The number of rotatable bonds is 7.